The summed E-state index contributed by atoms with van der Waals surface area (Å²) in [7, 11) is 1.78. The fourth-order valence-electron chi connectivity index (χ4n) is 3.31. The highest BCUT2D eigenvalue weighted by atomic mass is 127. The van der Waals surface area contributed by atoms with E-state index in [1.165, 1.54) is 11.1 Å². The zero-order chi connectivity index (χ0) is 20.1. The van der Waals surface area contributed by atoms with Gasteiger partial charge in [0.05, 0.1) is 18.8 Å². The lowest BCUT2D eigenvalue weighted by atomic mass is 10.1. The van der Waals surface area contributed by atoms with Gasteiger partial charge in [0.2, 0.25) is 0 Å². The first-order valence-corrected chi connectivity index (χ1v) is 9.65. The second kappa shape index (κ2) is 10.2. The van der Waals surface area contributed by atoms with Crippen LogP contribution >= 0.6 is 24.0 Å². The van der Waals surface area contributed by atoms with Gasteiger partial charge in [-0.15, -0.1) is 24.0 Å². The summed E-state index contributed by atoms with van der Waals surface area (Å²) in [6.07, 6.45) is 5.83. The molecule has 0 fully saturated rings. The number of aliphatic imine (C=N–C) groups is 1. The fourth-order valence-corrected chi connectivity index (χ4v) is 3.31. The Hall–Kier alpha value is -2.88. The number of benzene rings is 1. The molecule has 4 rings (SSSR count). The number of nitrogens with zero attached hydrogens (tertiary/aromatic N) is 5. The zero-order valence-corrected chi connectivity index (χ0v) is 19.4. The SMILES string of the molecule is CN=C(NCc1cn2c(C)cccc2n1)NCc1ccccc1Cn1cccn1.I. The monoisotopic (exact) mass is 515 g/mol. The lowest BCUT2D eigenvalue weighted by Gasteiger charge is -2.14. The van der Waals surface area contributed by atoms with Gasteiger partial charge in [0.25, 0.3) is 0 Å². The number of halogens is 1. The van der Waals surface area contributed by atoms with Crippen LogP contribution in [0.25, 0.3) is 5.65 Å². The van der Waals surface area contributed by atoms with Crippen molar-refractivity contribution >= 4 is 35.6 Å². The van der Waals surface area contributed by atoms with Crippen molar-refractivity contribution in [3.63, 3.8) is 0 Å². The minimum absolute atomic E-state index is 0. The van der Waals surface area contributed by atoms with Gasteiger partial charge in [0.1, 0.15) is 5.65 Å². The molecule has 0 saturated carbocycles. The third-order valence-electron chi connectivity index (χ3n) is 4.86. The van der Waals surface area contributed by atoms with Crippen LogP contribution in [0.3, 0.4) is 0 Å². The molecule has 7 nitrogen and oxygen atoms in total. The highest BCUT2D eigenvalue weighted by Gasteiger charge is 2.07. The summed E-state index contributed by atoms with van der Waals surface area (Å²) in [5.41, 5.74) is 5.54. The minimum Gasteiger partial charge on any atom is -0.352 e. The summed E-state index contributed by atoms with van der Waals surface area (Å²) in [4.78, 5) is 9.00. The van der Waals surface area contributed by atoms with E-state index in [4.69, 9.17) is 0 Å². The number of fused-ring (bicyclic) bond motifs is 1. The average Bonchev–Trinajstić information content (AvgIpc) is 3.39. The molecule has 0 saturated heterocycles. The van der Waals surface area contributed by atoms with E-state index >= 15 is 0 Å². The quantitative estimate of drug-likeness (QED) is 0.235. The first-order valence-electron chi connectivity index (χ1n) is 9.65. The number of hydrogen-bond acceptors (Lipinski definition) is 3. The van der Waals surface area contributed by atoms with Crippen molar-refractivity contribution in [3.05, 3.63) is 89.6 Å². The Balaban J connectivity index is 0.00000256. The maximum Gasteiger partial charge on any atom is 0.191 e. The Morgan fingerprint density at radius 1 is 1.00 bits per heavy atom. The molecule has 1 aromatic carbocycles. The topological polar surface area (TPSA) is 71.5 Å². The van der Waals surface area contributed by atoms with Crippen LogP contribution in [-0.2, 0) is 19.6 Å². The number of guanidine groups is 1. The normalized spacial score (nSPS) is 11.3. The van der Waals surface area contributed by atoms with E-state index in [1.807, 2.05) is 29.1 Å². The number of pyridine rings is 1. The number of nitrogens with one attached hydrogen (secondary N) is 2. The van der Waals surface area contributed by atoms with Gasteiger partial charge in [-0.3, -0.25) is 9.67 Å². The van der Waals surface area contributed by atoms with Crippen LogP contribution in [0.4, 0.5) is 0 Å². The summed E-state index contributed by atoms with van der Waals surface area (Å²) in [6.45, 7) is 4.11. The molecule has 0 amide bonds. The van der Waals surface area contributed by atoms with Crippen LogP contribution in [0.1, 0.15) is 22.5 Å². The van der Waals surface area contributed by atoms with Crippen LogP contribution in [0.15, 0.2) is 72.1 Å². The van der Waals surface area contributed by atoms with Crippen LogP contribution in [-0.4, -0.2) is 32.2 Å². The van der Waals surface area contributed by atoms with E-state index < -0.39 is 0 Å². The van der Waals surface area contributed by atoms with Crippen LogP contribution < -0.4 is 10.6 Å². The molecule has 0 aliphatic heterocycles. The van der Waals surface area contributed by atoms with Crippen molar-refractivity contribution in [1.29, 1.82) is 0 Å². The Morgan fingerprint density at radius 3 is 2.53 bits per heavy atom. The fraction of sp³-hybridized carbons (Fsp3) is 0.227. The number of imidazole rings is 1. The molecule has 0 aliphatic rings. The average molecular weight is 515 g/mol. The second-order valence-electron chi connectivity index (χ2n) is 6.88. The van der Waals surface area contributed by atoms with Crippen molar-refractivity contribution in [3.8, 4) is 0 Å². The van der Waals surface area contributed by atoms with E-state index in [1.54, 1.807) is 13.2 Å². The summed E-state index contributed by atoms with van der Waals surface area (Å²) < 4.78 is 4.02. The van der Waals surface area contributed by atoms with Gasteiger partial charge in [0, 0.05) is 37.9 Å². The number of rotatable bonds is 6. The Morgan fingerprint density at radius 2 is 1.80 bits per heavy atom. The third-order valence-corrected chi connectivity index (χ3v) is 4.86. The van der Waals surface area contributed by atoms with Gasteiger partial charge in [-0.05, 0) is 36.2 Å². The largest absolute Gasteiger partial charge is 0.352 e. The smallest absolute Gasteiger partial charge is 0.191 e. The molecule has 0 radical (unpaired) electrons. The number of aromatic nitrogens is 4. The van der Waals surface area contributed by atoms with Crippen molar-refractivity contribution in [2.24, 2.45) is 4.99 Å². The Labute approximate surface area is 193 Å². The van der Waals surface area contributed by atoms with Gasteiger partial charge in [-0.2, -0.15) is 5.10 Å². The molecule has 2 N–H and O–H groups in total. The molecule has 3 aromatic heterocycles. The number of aryl methyl sites for hydroxylation is 1. The number of hydrogen-bond donors (Lipinski definition) is 2. The predicted molar refractivity (Wildman–Crippen MR) is 130 cm³/mol. The minimum atomic E-state index is 0. The first kappa shape index (κ1) is 21.8. The first-order chi connectivity index (χ1) is 14.2. The lowest BCUT2D eigenvalue weighted by Crippen LogP contribution is -2.36. The molecule has 4 aromatic rings. The standard InChI is InChI=1S/C22H25N7.HI/c1-17-7-5-10-21-27-20(16-29(17)21)14-25-22(23-2)24-13-18-8-3-4-9-19(18)15-28-12-6-11-26-28;/h3-12,16H,13-15H2,1-2H3,(H2,23,24,25);1H. The molecule has 8 heteroatoms. The molecular weight excluding hydrogens is 489 g/mol. The molecule has 0 bridgehead atoms. The highest BCUT2D eigenvalue weighted by molar-refractivity contribution is 14.0. The second-order valence-corrected chi connectivity index (χ2v) is 6.88. The molecule has 3 heterocycles. The molecule has 0 aliphatic carbocycles. The van der Waals surface area contributed by atoms with E-state index in [2.05, 4.69) is 73.6 Å². The molecule has 0 spiro atoms. The van der Waals surface area contributed by atoms with Gasteiger partial charge >= 0.3 is 0 Å². The molecule has 0 unspecified atom stereocenters. The molecular formula is C22H26IN7. The Bertz CT molecular complexity index is 1120. The molecule has 156 valence electrons. The van der Waals surface area contributed by atoms with Gasteiger partial charge in [-0.1, -0.05) is 30.3 Å². The summed E-state index contributed by atoms with van der Waals surface area (Å²) >= 11 is 0. The lowest BCUT2D eigenvalue weighted by molar-refractivity contribution is 0.677. The van der Waals surface area contributed by atoms with Gasteiger partial charge in [-0.25, -0.2) is 4.98 Å². The summed E-state index contributed by atoms with van der Waals surface area (Å²) in [5.74, 6) is 0.743. The Kier molecular flexibility index (Phi) is 7.45. The van der Waals surface area contributed by atoms with Gasteiger partial charge in [0.15, 0.2) is 5.96 Å². The van der Waals surface area contributed by atoms with Gasteiger partial charge < -0.3 is 15.0 Å². The van der Waals surface area contributed by atoms with E-state index in [0.29, 0.717) is 13.1 Å². The van der Waals surface area contributed by atoms with E-state index in [9.17, 15) is 0 Å². The summed E-state index contributed by atoms with van der Waals surface area (Å²) in [5, 5.41) is 11.0. The van der Waals surface area contributed by atoms with E-state index in [0.717, 1.165) is 29.5 Å². The van der Waals surface area contributed by atoms with Crippen LogP contribution in [0.2, 0.25) is 0 Å². The summed E-state index contributed by atoms with van der Waals surface area (Å²) in [6, 6.07) is 16.4. The van der Waals surface area contributed by atoms with Crippen molar-refractivity contribution in [1.82, 2.24) is 29.8 Å². The maximum atomic E-state index is 4.66. The highest BCUT2D eigenvalue weighted by Crippen LogP contribution is 2.11. The predicted octanol–water partition coefficient (Wildman–Crippen LogP) is 3.37. The van der Waals surface area contributed by atoms with E-state index in [-0.39, 0.29) is 24.0 Å². The van der Waals surface area contributed by atoms with Crippen LogP contribution in [0.5, 0.6) is 0 Å². The molecule has 30 heavy (non-hydrogen) atoms. The van der Waals surface area contributed by atoms with Crippen molar-refractivity contribution in [2.45, 2.75) is 26.6 Å². The zero-order valence-electron chi connectivity index (χ0n) is 17.1. The van der Waals surface area contributed by atoms with Crippen LogP contribution in [0, 0.1) is 6.92 Å². The molecule has 0 atom stereocenters. The maximum absolute atomic E-state index is 4.66. The van der Waals surface area contributed by atoms with Crippen molar-refractivity contribution < 1.29 is 0 Å². The third kappa shape index (κ3) is 5.18. The van der Waals surface area contributed by atoms with Crippen molar-refractivity contribution in [2.75, 3.05) is 7.05 Å².